The molecular weight excluding hydrogens is 268 g/mol. The zero-order valence-corrected chi connectivity index (χ0v) is 11.4. The second-order valence-electron chi connectivity index (χ2n) is 4.36. The maximum Gasteiger partial charge on any atom is 0.238 e. The summed E-state index contributed by atoms with van der Waals surface area (Å²) in [5.41, 5.74) is -0.469. The van der Waals surface area contributed by atoms with Gasteiger partial charge in [-0.25, -0.2) is 8.78 Å². The molecule has 20 heavy (non-hydrogen) atoms. The Morgan fingerprint density at radius 1 is 1.20 bits per heavy atom. The Kier molecular flexibility index (Phi) is 6.05. The standard InChI is InChI=1S/C13H17F2N3O2/c1-18(2)12(20)6-7-16-8-11(19)17-13-9(14)4-3-5-10(13)15/h3-5,16H,6-8H2,1-2H3,(H,17,19). The highest BCUT2D eigenvalue weighted by molar-refractivity contribution is 5.92. The maximum atomic E-state index is 13.3. The summed E-state index contributed by atoms with van der Waals surface area (Å²) in [5.74, 6) is -2.31. The highest BCUT2D eigenvalue weighted by atomic mass is 19.1. The molecule has 0 radical (unpaired) electrons. The van der Waals surface area contributed by atoms with E-state index in [0.717, 1.165) is 12.1 Å². The first-order valence-corrected chi connectivity index (χ1v) is 6.06. The number of hydrogen-bond donors (Lipinski definition) is 2. The van der Waals surface area contributed by atoms with E-state index in [2.05, 4.69) is 10.6 Å². The minimum absolute atomic E-state index is 0.0712. The monoisotopic (exact) mass is 285 g/mol. The summed E-state index contributed by atoms with van der Waals surface area (Å²) >= 11 is 0. The summed E-state index contributed by atoms with van der Waals surface area (Å²) in [4.78, 5) is 24.2. The molecule has 0 fully saturated rings. The smallest absolute Gasteiger partial charge is 0.238 e. The van der Waals surface area contributed by atoms with Gasteiger partial charge in [0.05, 0.1) is 6.54 Å². The molecule has 5 nitrogen and oxygen atoms in total. The van der Waals surface area contributed by atoms with E-state index in [-0.39, 0.29) is 18.9 Å². The number of hydrogen-bond acceptors (Lipinski definition) is 3. The average Bonchev–Trinajstić information content (AvgIpc) is 2.38. The van der Waals surface area contributed by atoms with E-state index >= 15 is 0 Å². The molecule has 1 rings (SSSR count). The van der Waals surface area contributed by atoms with E-state index in [0.29, 0.717) is 6.54 Å². The molecular formula is C13H17F2N3O2. The number of rotatable bonds is 6. The van der Waals surface area contributed by atoms with Gasteiger partial charge in [-0.15, -0.1) is 0 Å². The van der Waals surface area contributed by atoms with Crippen LogP contribution in [0, 0.1) is 11.6 Å². The number of amides is 2. The zero-order valence-electron chi connectivity index (χ0n) is 11.4. The molecule has 2 N–H and O–H groups in total. The first kappa shape index (κ1) is 16.0. The number of nitrogens with one attached hydrogen (secondary N) is 2. The predicted molar refractivity (Wildman–Crippen MR) is 71.2 cm³/mol. The molecule has 0 unspecified atom stereocenters. The van der Waals surface area contributed by atoms with Crippen LogP contribution in [0.15, 0.2) is 18.2 Å². The van der Waals surface area contributed by atoms with Gasteiger partial charge in [-0.1, -0.05) is 6.07 Å². The van der Waals surface area contributed by atoms with Crippen LogP contribution >= 0.6 is 0 Å². The fourth-order valence-electron chi connectivity index (χ4n) is 1.42. The van der Waals surface area contributed by atoms with Crippen molar-refractivity contribution in [1.82, 2.24) is 10.2 Å². The summed E-state index contributed by atoms with van der Waals surface area (Å²) < 4.78 is 26.5. The molecule has 110 valence electrons. The second-order valence-corrected chi connectivity index (χ2v) is 4.36. The van der Waals surface area contributed by atoms with Crippen LogP contribution in [0.4, 0.5) is 14.5 Å². The Morgan fingerprint density at radius 2 is 1.80 bits per heavy atom. The van der Waals surface area contributed by atoms with Crippen LogP contribution < -0.4 is 10.6 Å². The highest BCUT2D eigenvalue weighted by Gasteiger charge is 2.11. The van der Waals surface area contributed by atoms with Crippen LogP contribution in [0.3, 0.4) is 0 Å². The number of carbonyl (C=O) groups is 2. The fourth-order valence-corrected chi connectivity index (χ4v) is 1.42. The predicted octanol–water partition coefficient (Wildman–Crippen LogP) is 0.971. The van der Waals surface area contributed by atoms with Gasteiger partial charge in [0.1, 0.15) is 17.3 Å². The van der Waals surface area contributed by atoms with E-state index < -0.39 is 23.2 Å². The van der Waals surface area contributed by atoms with Crippen LogP contribution in [0.2, 0.25) is 0 Å². The van der Waals surface area contributed by atoms with Gasteiger partial charge in [-0.2, -0.15) is 0 Å². The average molecular weight is 285 g/mol. The van der Waals surface area contributed by atoms with Crippen molar-refractivity contribution in [3.8, 4) is 0 Å². The fraction of sp³-hybridized carbons (Fsp3) is 0.385. The van der Waals surface area contributed by atoms with Gasteiger partial charge >= 0.3 is 0 Å². The summed E-state index contributed by atoms with van der Waals surface area (Å²) in [5, 5.41) is 4.87. The highest BCUT2D eigenvalue weighted by Crippen LogP contribution is 2.17. The second kappa shape index (κ2) is 7.54. The summed E-state index contributed by atoms with van der Waals surface area (Å²) in [6.07, 6.45) is 0.244. The first-order valence-electron chi connectivity index (χ1n) is 6.06. The molecule has 0 atom stereocenters. The Morgan fingerprint density at radius 3 is 2.35 bits per heavy atom. The lowest BCUT2D eigenvalue weighted by molar-refractivity contribution is -0.128. The molecule has 0 saturated carbocycles. The van der Waals surface area contributed by atoms with Gasteiger partial charge in [0.15, 0.2) is 0 Å². The van der Waals surface area contributed by atoms with Crippen LogP contribution in [-0.2, 0) is 9.59 Å². The van der Waals surface area contributed by atoms with Crippen LogP contribution in [0.5, 0.6) is 0 Å². The molecule has 0 aliphatic rings. The third-order valence-electron chi connectivity index (χ3n) is 2.53. The third-order valence-corrected chi connectivity index (χ3v) is 2.53. The molecule has 0 saturated heterocycles. The van der Waals surface area contributed by atoms with E-state index in [4.69, 9.17) is 0 Å². The van der Waals surface area contributed by atoms with Crippen molar-refractivity contribution in [2.24, 2.45) is 0 Å². The van der Waals surface area contributed by atoms with Gasteiger partial charge in [0, 0.05) is 27.1 Å². The molecule has 0 aliphatic carbocycles. The third kappa shape index (κ3) is 4.93. The summed E-state index contributed by atoms with van der Waals surface area (Å²) in [6.45, 7) is 0.179. The van der Waals surface area contributed by atoms with Gasteiger partial charge in [-0.3, -0.25) is 9.59 Å². The lowest BCUT2D eigenvalue weighted by atomic mass is 10.3. The Labute approximate surface area is 115 Å². The first-order chi connectivity index (χ1) is 9.41. The van der Waals surface area contributed by atoms with Crippen molar-refractivity contribution in [2.45, 2.75) is 6.42 Å². The van der Waals surface area contributed by atoms with E-state index in [1.165, 1.54) is 11.0 Å². The molecule has 0 spiro atoms. The molecule has 0 heterocycles. The van der Waals surface area contributed by atoms with Crippen molar-refractivity contribution < 1.29 is 18.4 Å². The summed E-state index contributed by atoms with van der Waals surface area (Å²) in [7, 11) is 3.27. The van der Waals surface area contributed by atoms with Crippen molar-refractivity contribution in [3.05, 3.63) is 29.8 Å². The molecule has 0 bridgehead atoms. The van der Waals surface area contributed by atoms with Gasteiger partial charge in [-0.05, 0) is 12.1 Å². The van der Waals surface area contributed by atoms with E-state index in [1.54, 1.807) is 14.1 Å². The molecule has 0 aromatic heterocycles. The largest absolute Gasteiger partial charge is 0.349 e. The van der Waals surface area contributed by atoms with Gasteiger partial charge in [0.25, 0.3) is 0 Å². The zero-order chi connectivity index (χ0) is 15.1. The van der Waals surface area contributed by atoms with Gasteiger partial charge < -0.3 is 15.5 Å². The number of anilines is 1. The van der Waals surface area contributed by atoms with E-state index in [9.17, 15) is 18.4 Å². The quantitative estimate of drug-likeness (QED) is 0.766. The molecule has 1 aromatic rings. The van der Waals surface area contributed by atoms with Crippen LogP contribution in [0.1, 0.15) is 6.42 Å². The number of nitrogens with zero attached hydrogens (tertiary/aromatic N) is 1. The number of carbonyl (C=O) groups excluding carboxylic acids is 2. The normalized spacial score (nSPS) is 10.2. The SMILES string of the molecule is CN(C)C(=O)CCNCC(=O)Nc1c(F)cccc1F. The Bertz CT molecular complexity index is 472. The van der Waals surface area contributed by atoms with Crippen LogP contribution in [0.25, 0.3) is 0 Å². The molecule has 1 aromatic carbocycles. The lowest BCUT2D eigenvalue weighted by Gasteiger charge is -2.11. The maximum absolute atomic E-state index is 13.3. The van der Waals surface area contributed by atoms with Crippen molar-refractivity contribution in [3.63, 3.8) is 0 Å². The Balaban J connectivity index is 2.36. The minimum Gasteiger partial charge on any atom is -0.349 e. The van der Waals surface area contributed by atoms with Crippen molar-refractivity contribution in [1.29, 1.82) is 0 Å². The van der Waals surface area contributed by atoms with Crippen molar-refractivity contribution in [2.75, 3.05) is 32.5 Å². The number of para-hydroxylation sites is 1. The van der Waals surface area contributed by atoms with E-state index in [1.807, 2.05) is 0 Å². The summed E-state index contributed by atoms with van der Waals surface area (Å²) in [6, 6.07) is 3.33. The minimum atomic E-state index is -0.832. The molecule has 2 amide bonds. The van der Waals surface area contributed by atoms with Crippen LogP contribution in [-0.4, -0.2) is 43.9 Å². The Hall–Kier alpha value is -2.02. The van der Waals surface area contributed by atoms with Gasteiger partial charge in [0.2, 0.25) is 11.8 Å². The number of halogens is 2. The topological polar surface area (TPSA) is 61.4 Å². The lowest BCUT2D eigenvalue weighted by Crippen LogP contribution is -2.32. The molecule has 0 aliphatic heterocycles. The molecule has 7 heteroatoms. The van der Waals surface area contributed by atoms with Crippen molar-refractivity contribution >= 4 is 17.5 Å². The number of benzene rings is 1.